The Morgan fingerprint density at radius 2 is 2.00 bits per heavy atom. The van der Waals surface area contributed by atoms with Gasteiger partial charge in [-0.1, -0.05) is 0 Å². The van der Waals surface area contributed by atoms with Crippen LogP contribution in [0.1, 0.15) is 11.4 Å². The summed E-state index contributed by atoms with van der Waals surface area (Å²) in [6.45, 7) is 4.77. The van der Waals surface area contributed by atoms with Gasteiger partial charge in [-0.3, -0.25) is 4.79 Å². The first-order chi connectivity index (χ1) is 11.8. The summed E-state index contributed by atoms with van der Waals surface area (Å²) in [6, 6.07) is 0.927. The third kappa shape index (κ3) is 4.18. The van der Waals surface area contributed by atoms with Gasteiger partial charge in [-0.05, 0) is 13.0 Å². The molecule has 2 aliphatic rings. The zero-order valence-corrected chi connectivity index (χ0v) is 13.8. The number of nitrogens with zero attached hydrogens (tertiary/aromatic N) is 4. The lowest BCUT2D eigenvalue weighted by atomic mass is 10.2. The molecule has 1 atom stereocenters. The maximum absolute atomic E-state index is 12.9. The van der Waals surface area contributed by atoms with E-state index in [2.05, 4.69) is 15.3 Å². The van der Waals surface area contributed by atoms with Gasteiger partial charge in [0.2, 0.25) is 5.95 Å². The Morgan fingerprint density at radius 1 is 1.28 bits per heavy atom. The van der Waals surface area contributed by atoms with Gasteiger partial charge < -0.3 is 19.9 Å². The molecule has 138 valence electrons. The maximum Gasteiger partial charge on any atom is 0.433 e. The summed E-state index contributed by atoms with van der Waals surface area (Å²) in [5, 5.41) is 3.11. The minimum atomic E-state index is -4.51. The molecule has 10 heteroatoms. The molecular formula is C15H20F3N5O2. The van der Waals surface area contributed by atoms with E-state index in [1.54, 1.807) is 9.80 Å². The van der Waals surface area contributed by atoms with Gasteiger partial charge in [0.1, 0.15) is 11.8 Å². The van der Waals surface area contributed by atoms with Crippen LogP contribution in [0.3, 0.4) is 0 Å². The number of ether oxygens (including phenoxy) is 1. The van der Waals surface area contributed by atoms with Crippen LogP contribution in [0.2, 0.25) is 0 Å². The molecular weight excluding hydrogens is 339 g/mol. The van der Waals surface area contributed by atoms with E-state index in [9.17, 15) is 18.0 Å². The molecule has 3 rings (SSSR count). The largest absolute Gasteiger partial charge is 0.433 e. The molecule has 3 heterocycles. The average molecular weight is 359 g/mol. The zero-order chi connectivity index (χ0) is 18.0. The van der Waals surface area contributed by atoms with E-state index in [1.807, 2.05) is 0 Å². The molecule has 0 unspecified atom stereocenters. The quantitative estimate of drug-likeness (QED) is 0.826. The summed E-state index contributed by atoms with van der Waals surface area (Å²) in [5.41, 5.74) is -0.687. The Balaban J connectivity index is 1.64. The Kier molecular flexibility index (Phi) is 5.09. The third-order valence-corrected chi connectivity index (χ3v) is 4.21. The molecule has 2 aliphatic heterocycles. The van der Waals surface area contributed by atoms with Crippen molar-refractivity contribution in [3.05, 3.63) is 17.5 Å². The van der Waals surface area contributed by atoms with Crippen LogP contribution in [0.4, 0.5) is 19.1 Å². The zero-order valence-electron chi connectivity index (χ0n) is 13.8. The molecule has 1 aromatic rings. The minimum Gasteiger partial charge on any atom is -0.366 e. The van der Waals surface area contributed by atoms with Crippen molar-refractivity contribution in [2.24, 2.45) is 0 Å². The van der Waals surface area contributed by atoms with Crippen molar-refractivity contribution in [1.82, 2.24) is 20.2 Å². The van der Waals surface area contributed by atoms with Crippen LogP contribution in [0.15, 0.2) is 6.07 Å². The van der Waals surface area contributed by atoms with E-state index in [1.165, 1.54) is 6.92 Å². The van der Waals surface area contributed by atoms with E-state index < -0.39 is 18.0 Å². The number of hydrogen-bond acceptors (Lipinski definition) is 6. The lowest BCUT2D eigenvalue weighted by Gasteiger charge is -2.37. The number of hydrogen-bond donors (Lipinski definition) is 1. The number of anilines is 1. The topological polar surface area (TPSA) is 70.6 Å². The predicted octanol–water partition coefficient (Wildman–Crippen LogP) is 0.441. The second-order valence-electron chi connectivity index (χ2n) is 6.07. The first-order valence-corrected chi connectivity index (χ1v) is 8.13. The lowest BCUT2D eigenvalue weighted by Crippen LogP contribution is -2.55. The van der Waals surface area contributed by atoms with Crippen molar-refractivity contribution in [1.29, 1.82) is 0 Å². The Morgan fingerprint density at radius 3 is 2.60 bits per heavy atom. The molecule has 0 aliphatic carbocycles. The predicted molar refractivity (Wildman–Crippen MR) is 83.2 cm³/mol. The molecule has 0 radical (unpaired) electrons. The number of rotatable bonds is 2. The molecule has 2 saturated heterocycles. The number of aromatic nitrogens is 2. The van der Waals surface area contributed by atoms with Gasteiger partial charge in [0.05, 0.1) is 6.61 Å². The Bertz CT molecular complexity index is 626. The van der Waals surface area contributed by atoms with Gasteiger partial charge in [0.15, 0.2) is 0 Å². The number of nitrogens with one attached hydrogen (secondary N) is 1. The standard InChI is InChI=1S/C15H20F3N5O2/c1-10-8-12(15(16,17)18)21-14(20-10)23-5-3-22(4-6-23)13(24)11-9-19-2-7-25-11/h8,11,19H,2-7,9H2,1H3/t11-/m1/s1. The van der Waals surface area contributed by atoms with Crippen LogP contribution in [-0.4, -0.2) is 72.8 Å². The summed E-state index contributed by atoms with van der Waals surface area (Å²) in [7, 11) is 0. The minimum absolute atomic E-state index is 0.0509. The molecule has 7 nitrogen and oxygen atoms in total. The summed E-state index contributed by atoms with van der Waals surface area (Å²) >= 11 is 0. The molecule has 1 amide bonds. The number of carbonyl (C=O) groups is 1. The van der Waals surface area contributed by atoms with E-state index in [0.717, 1.165) is 12.6 Å². The van der Waals surface area contributed by atoms with Crippen LogP contribution < -0.4 is 10.2 Å². The van der Waals surface area contributed by atoms with Crippen molar-refractivity contribution in [2.75, 3.05) is 50.8 Å². The Labute approximate surface area is 143 Å². The average Bonchev–Trinajstić information content (AvgIpc) is 2.61. The number of carbonyl (C=O) groups excluding carboxylic acids is 1. The molecule has 0 spiro atoms. The fourth-order valence-electron chi connectivity index (χ4n) is 2.89. The van der Waals surface area contributed by atoms with E-state index in [-0.39, 0.29) is 17.5 Å². The number of morpholine rings is 1. The first kappa shape index (κ1) is 17.9. The number of piperazine rings is 1. The molecule has 0 saturated carbocycles. The number of alkyl halides is 3. The van der Waals surface area contributed by atoms with Crippen LogP contribution in [-0.2, 0) is 15.7 Å². The number of aryl methyl sites for hydroxylation is 1. The smallest absolute Gasteiger partial charge is 0.366 e. The summed E-state index contributed by atoms with van der Waals surface area (Å²) in [6.07, 6.45) is -5.00. The SMILES string of the molecule is Cc1cc(C(F)(F)F)nc(N2CCN(C(=O)[C@H]3CNCCO3)CC2)n1. The van der Waals surface area contributed by atoms with Gasteiger partial charge in [0.25, 0.3) is 5.91 Å². The van der Waals surface area contributed by atoms with Gasteiger partial charge in [-0.15, -0.1) is 0 Å². The molecule has 0 aromatic carbocycles. The summed E-state index contributed by atoms with van der Waals surface area (Å²) in [4.78, 5) is 23.5. The van der Waals surface area contributed by atoms with Crippen molar-refractivity contribution in [3.63, 3.8) is 0 Å². The van der Waals surface area contributed by atoms with Crippen molar-refractivity contribution >= 4 is 11.9 Å². The molecule has 0 bridgehead atoms. The van der Waals surface area contributed by atoms with Crippen LogP contribution in [0.25, 0.3) is 0 Å². The van der Waals surface area contributed by atoms with E-state index in [0.29, 0.717) is 39.3 Å². The van der Waals surface area contributed by atoms with Crippen molar-refractivity contribution < 1.29 is 22.7 Å². The van der Waals surface area contributed by atoms with Crippen LogP contribution in [0, 0.1) is 6.92 Å². The molecule has 25 heavy (non-hydrogen) atoms. The molecule has 2 fully saturated rings. The van der Waals surface area contributed by atoms with Crippen molar-refractivity contribution in [3.8, 4) is 0 Å². The molecule has 1 N–H and O–H groups in total. The van der Waals surface area contributed by atoms with E-state index >= 15 is 0 Å². The highest BCUT2D eigenvalue weighted by Gasteiger charge is 2.35. The van der Waals surface area contributed by atoms with Gasteiger partial charge in [-0.2, -0.15) is 13.2 Å². The second-order valence-corrected chi connectivity index (χ2v) is 6.07. The van der Waals surface area contributed by atoms with Crippen molar-refractivity contribution in [2.45, 2.75) is 19.2 Å². The summed E-state index contributed by atoms with van der Waals surface area (Å²) in [5.74, 6) is -0.0389. The van der Waals surface area contributed by atoms with E-state index in [4.69, 9.17) is 4.74 Å². The van der Waals surface area contributed by atoms with Gasteiger partial charge in [0, 0.05) is 45.0 Å². The van der Waals surface area contributed by atoms with Gasteiger partial charge >= 0.3 is 6.18 Å². The highest BCUT2D eigenvalue weighted by Crippen LogP contribution is 2.29. The lowest BCUT2D eigenvalue weighted by molar-refractivity contribution is -0.145. The summed E-state index contributed by atoms with van der Waals surface area (Å²) < 4.78 is 44.2. The molecule has 1 aromatic heterocycles. The second kappa shape index (κ2) is 7.12. The third-order valence-electron chi connectivity index (χ3n) is 4.21. The first-order valence-electron chi connectivity index (χ1n) is 8.13. The number of halogens is 3. The highest BCUT2D eigenvalue weighted by molar-refractivity contribution is 5.81. The Hall–Kier alpha value is -1.94. The fourth-order valence-corrected chi connectivity index (χ4v) is 2.89. The monoisotopic (exact) mass is 359 g/mol. The maximum atomic E-state index is 12.9. The van der Waals surface area contributed by atoms with Gasteiger partial charge in [-0.25, -0.2) is 9.97 Å². The van der Waals surface area contributed by atoms with Crippen LogP contribution >= 0.6 is 0 Å². The fraction of sp³-hybridized carbons (Fsp3) is 0.667. The van der Waals surface area contributed by atoms with Crippen LogP contribution in [0.5, 0.6) is 0 Å². The normalized spacial score (nSPS) is 22.2. The highest BCUT2D eigenvalue weighted by atomic mass is 19.4. The number of amides is 1.